The first-order valence-corrected chi connectivity index (χ1v) is 5.60. The molecule has 1 saturated carbocycles. The summed E-state index contributed by atoms with van der Waals surface area (Å²) in [6, 6.07) is 0. The third-order valence-corrected chi connectivity index (χ3v) is 4.86. The second kappa shape index (κ2) is 2.16. The molecule has 1 fully saturated rings. The molecule has 0 aliphatic heterocycles. The molecular formula is C10H18OSi. The average molecular weight is 182 g/mol. The summed E-state index contributed by atoms with van der Waals surface area (Å²) in [7, 11) is 0.839. The van der Waals surface area contributed by atoms with Gasteiger partial charge in [-0.05, 0) is 30.3 Å². The van der Waals surface area contributed by atoms with E-state index in [4.69, 9.17) is 4.43 Å². The monoisotopic (exact) mass is 182 g/mol. The molecule has 1 nitrogen and oxygen atoms in total. The van der Waals surface area contributed by atoms with Crippen molar-refractivity contribution in [3.05, 3.63) is 11.8 Å². The molecule has 0 radical (unpaired) electrons. The van der Waals surface area contributed by atoms with Crippen LogP contribution in [0.5, 0.6) is 0 Å². The summed E-state index contributed by atoms with van der Waals surface area (Å²) in [6.07, 6.45) is 5.05. The lowest BCUT2D eigenvalue weighted by Crippen LogP contribution is -2.30. The minimum atomic E-state index is 0.347. The molecule has 0 N–H and O–H groups in total. The summed E-state index contributed by atoms with van der Waals surface area (Å²) in [5.74, 6) is 2.06. The van der Waals surface area contributed by atoms with E-state index < -0.39 is 0 Å². The van der Waals surface area contributed by atoms with Crippen molar-refractivity contribution in [1.82, 2.24) is 0 Å². The average Bonchev–Trinajstić information content (AvgIpc) is 2.34. The number of hydrogen-bond donors (Lipinski definition) is 0. The summed E-state index contributed by atoms with van der Waals surface area (Å²) in [4.78, 5) is 0. The molecule has 0 aromatic heterocycles. The van der Waals surface area contributed by atoms with Crippen LogP contribution in [0.4, 0.5) is 0 Å². The highest BCUT2D eigenvalue weighted by Crippen LogP contribution is 2.64. The third kappa shape index (κ3) is 0.697. The Hall–Kier alpha value is -0.243. The van der Waals surface area contributed by atoms with Gasteiger partial charge in [-0.1, -0.05) is 20.8 Å². The van der Waals surface area contributed by atoms with E-state index in [1.165, 1.54) is 18.6 Å². The molecule has 0 aromatic carbocycles. The van der Waals surface area contributed by atoms with E-state index in [-0.39, 0.29) is 0 Å². The quantitative estimate of drug-likeness (QED) is 0.560. The van der Waals surface area contributed by atoms with Crippen molar-refractivity contribution in [3.63, 3.8) is 0 Å². The molecule has 2 unspecified atom stereocenters. The molecule has 2 atom stereocenters. The van der Waals surface area contributed by atoms with Gasteiger partial charge in [-0.2, -0.15) is 0 Å². The predicted octanol–water partition coefficient (Wildman–Crippen LogP) is 1.62. The Balaban J connectivity index is 2.43. The van der Waals surface area contributed by atoms with Crippen molar-refractivity contribution in [2.75, 3.05) is 0 Å². The van der Waals surface area contributed by atoms with Crippen LogP contribution in [-0.2, 0) is 4.43 Å². The van der Waals surface area contributed by atoms with E-state index in [1.807, 2.05) is 0 Å². The highest BCUT2D eigenvalue weighted by atomic mass is 28.2. The predicted molar refractivity (Wildman–Crippen MR) is 53.7 cm³/mol. The number of allylic oxidation sites excluding steroid dienone is 2. The zero-order valence-corrected chi connectivity index (χ0v) is 10.5. The first kappa shape index (κ1) is 8.36. The molecular weight excluding hydrogens is 164 g/mol. The van der Waals surface area contributed by atoms with Crippen LogP contribution < -0.4 is 0 Å². The van der Waals surface area contributed by atoms with Crippen LogP contribution in [-0.4, -0.2) is 10.5 Å². The largest absolute Gasteiger partial charge is 0.556 e. The summed E-state index contributed by atoms with van der Waals surface area (Å²) in [6.45, 7) is 7.13. The van der Waals surface area contributed by atoms with Crippen molar-refractivity contribution >= 4 is 10.5 Å². The van der Waals surface area contributed by atoms with E-state index in [2.05, 4.69) is 26.8 Å². The van der Waals surface area contributed by atoms with Crippen LogP contribution in [0.3, 0.4) is 0 Å². The van der Waals surface area contributed by atoms with Gasteiger partial charge in [0, 0.05) is 5.41 Å². The Morgan fingerprint density at radius 2 is 2.17 bits per heavy atom. The molecule has 0 heterocycles. The molecule has 2 rings (SSSR count). The van der Waals surface area contributed by atoms with Gasteiger partial charge < -0.3 is 4.43 Å². The molecule has 68 valence electrons. The molecule has 0 aromatic rings. The van der Waals surface area contributed by atoms with Gasteiger partial charge in [0.2, 0.25) is 10.5 Å². The lowest BCUT2D eigenvalue weighted by atomic mass is 9.70. The van der Waals surface area contributed by atoms with Crippen LogP contribution in [0.1, 0.15) is 33.6 Å². The minimum Gasteiger partial charge on any atom is -0.556 e. The second-order valence-electron chi connectivity index (χ2n) is 4.93. The first-order chi connectivity index (χ1) is 5.52. The van der Waals surface area contributed by atoms with Crippen molar-refractivity contribution in [1.29, 1.82) is 0 Å². The van der Waals surface area contributed by atoms with Crippen LogP contribution in [0.25, 0.3) is 0 Å². The summed E-state index contributed by atoms with van der Waals surface area (Å²) in [5.41, 5.74) is 0.784. The molecule has 2 heteroatoms. The zero-order valence-electron chi connectivity index (χ0n) is 8.48. The molecule has 12 heavy (non-hydrogen) atoms. The lowest BCUT2D eigenvalue weighted by Gasteiger charge is -2.36. The number of rotatable bonds is 1. The van der Waals surface area contributed by atoms with Gasteiger partial charge in [0.1, 0.15) is 0 Å². The van der Waals surface area contributed by atoms with Gasteiger partial charge in [-0.3, -0.25) is 0 Å². The fourth-order valence-corrected chi connectivity index (χ4v) is 3.52. The van der Waals surface area contributed by atoms with Crippen LogP contribution in [0.15, 0.2) is 11.8 Å². The first-order valence-electron chi connectivity index (χ1n) is 4.78. The Labute approximate surface area is 77.7 Å². The maximum absolute atomic E-state index is 5.58. The molecule has 2 aliphatic carbocycles. The summed E-state index contributed by atoms with van der Waals surface area (Å²) >= 11 is 0. The smallest absolute Gasteiger partial charge is 0.203 e. The van der Waals surface area contributed by atoms with Crippen molar-refractivity contribution in [2.45, 2.75) is 33.6 Å². The minimum absolute atomic E-state index is 0.347. The van der Waals surface area contributed by atoms with E-state index in [9.17, 15) is 0 Å². The van der Waals surface area contributed by atoms with E-state index in [0.29, 0.717) is 10.8 Å². The standard InChI is InChI=1S/C10H18OSi/c1-9(2)7-4-5-10(9,3)8(6-7)11-12/h6-7H,4-5H2,1-3,12H3. The molecule has 2 aliphatic rings. The maximum Gasteiger partial charge on any atom is 0.203 e. The SMILES string of the molecule is CC12CCC(C=C1O[SiH3])C2(C)C. The zero-order chi connectivity index (χ0) is 8.98. The van der Waals surface area contributed by atoms with Gasteiger partial charge in [0.15, 0.2) is 0 Å². The molecule has 0 saturated heterocycles. The fourth-order valence-electron chi connectivity index (χ4n) is 2.93. The van der Waals surface area contributed by atoms with Gasteiger partial charge >= 0.3 is 0 Å². The van der Waals surface area contributed by atoms with Gasteiger partial charge in [0.05, 0.1) is 5.76 Å². The van der Waals surface area contributed by atoms with E-state index in [1.54, 1.807) is 0 Å². The molecule has 2 bridgehead atoms. The second-order valence-corrected chi connectivity index (χ2v) is 5.34. The van der Waals surface area contributed by atoms with Crippen LogP contribution in [0, 0.1) is 16.7 Å². The molecule has 0 amide bonds. The summed E-state index contributed by atoms with van der Waals surface area (Å²) < 4.78 is 5.58. The third-order valence-electron chi connectivity index (χ3n) is 4.42. The number of hydrogen-bond acceptors (Lipinski definition) is 1. The van der Waals surface area contributed by atoms with Crippen LogP contribution >= 0.6 is 0 Å². The van der Waals surface area contributed by atoms with Crippen molar-refractivity contribution in [3.8, 4) is 0 Å². The Morgan fingerprint density at radius 1 is 1.50 bits per heavy atom. The van der Waals surface area contributed by atoms with Gasteiger partial charge in [-0.25, -0.2) is 0 Å². The lowest BCUT2D eigenvalue weighted by molar-refractivity contribution is 0.133. The highest BCUT2D eigenvalue weighted by Gasteiger charge is 2.57. The van der Waals surface area contributed by atoms with Gasteiger partial charge in [-0.15, -0.1) is 0 Å². The highest BCUT2D eigenvalue weighted by molar-refractivity contribution is 5.98. The van der Waals surface area contributed by atoms with Crippen LogP contribution in [0.2, 0.25) is 0 Å². The topological polar surface area (TPSA) is 9.23 Å². The maximum atomic E-state index is 5.58. The molecule has 0 spiro atoms. The Kier molecular flexibility index (Phi) is 1.51. The van der Waals surface area contributed by atoms with Crippen molar-refractivity contribution < 1.29 is 4.43 Å². The van der Waals surface area contributed by atoms with Crippen molar-refractivity contribution in [2.24, 2.45) is 16.7 Å². The number of fused-ring (bicyclic) bond motifs is 2. The fraction of sp³-hybridized carbons (Fsp3) is 0.800. The van der Waals surface area contributed by atoms with Gasteiger partial charge in [0.25, 0.3) is 0 Å². The van der Waals surface area contributed by atoms with E-state index >= 15 is 0 Å². The summed E-state index contributed by atoms with van der Waals surface area (Å²) in [5, 5.41) is 0. The normalized spacial score (nSPS) is 43.2. The van der Waals surface area contributed by atoms with E-state index in [0.717, 1.165) is 16.4 Å². The Morgan fingerprint density at radius 3 is 2.42 bits per heavy atom. The Bertz CT molecular complexity index is 244.